The normalized spacial score (nSPS) is 8.80. The maximum absolute atomic E-state index is 4.58. The summed E-state index contributed by atoms with van der Waals surface area (Å²) in [6.07, 6.45) is 20.5. The van der Waals surface area contributed by atoms with Crippen LogP contribution in [-0.4, -0.2) is 20.2 Å². The molecule has 5 nitrogen and oxygen atoms in total. The standard InChI is InChI=1S/C5H5N.5C5H12.C4H5N.C4H4O.C4H4S.C3H4N2.3HI.V/c1-2-4-6-5-3-1;5*1-4-5(2)3;4*1-2-4-5-3-1;;;;/h1-5H;5*5H,4H2,1-3H3;1-5H;2*1-4H;1-3H,(H,4,5);3*1H;/q;;;;;;;;;;;;;+3/p-3. The van der Waals surface area contributed by atoms with Gasteiger partial charge in [-0.1, -0.05) is 154 Å². The first-order chi connectivity index (χ1) is 26.1. The number of hydrogen-bond donors (Lipinski definition) is 2. The molecule has 0 radical (unpaired) electrons. The van der Waals surface area contributed by atoms with Gasteiger partial charge in [0.1, 0.15) is 0 Å². The van der Waals surface area contributed by atoms with Crippen molar-refractivity contribution in [3.63, 3.8) is 0 Å². The summed E-state index contributed by atoms with van der Waals surface area (Å²) >= 11 is 9.10. The second-order valence-electron chi connectivity index (χ2n) is 13.5. The van der Waals surface area contributed by atoms with E-state index in [0.29, 0.717) is 0 Å². The van der Waals surface area contributed by atoms with E-state index in [1.165, 1.54) is 32.1 Å². The summed E-state index contributed by atoms with van der Waals surface area (Å²) in [6.45, 7) is 33.2. The summed E-state index contributed by atoms with van der Waals surface area (Å²) in [5.41, 5.74) is 0. The number of pyridine rings is 1. The van der Waals surface area contributed by atoms with E-state index in [2.05, 4.69) is 188 Å². The molecule has 0 unspecified atom stereocenters. The molecular weight excluding hydrogens is 1080 g/mol. The first-order valence-corrected chi connectivity index (χ1v) is 34.1. The molecule has 5 aromatic rings. The van der Waals surface area contributed by atoms with Crippen molar-refractivity contribution in [2.45, 2.75) is 136 Å². The average Bonchev–Trinajstić information content (AvgIpc) is 4.02. The Morgan fingerprint density at radius 2 is 0.836 bits per heavy atom. The third-order valence-electron chi connectivity index (χ3n) is 6.40. The van der Waals surface area contributed by atoms with Crippen molar-refractivity contribution < 1.29 is 9.34 Å². The molecule has 2 N–H and O–H groups in total. The third kappa shape index (κ3) is 113. The largest absolute Gasteiger partial charge is 0.473 e. The van der Waals surface area contributed by atoms with Crippen LogP contribution in [0.4, 0.5) is 0 Å². The first-order valence-electron chi connectivity index (χ1n) is 19.7. The number of thiophene rings is 1. The second kappa shape index (κ2) is 62.6. The summed E-state index contributed by atoms with van der Waals surface area (Å²) in [5, 5.41) is 10.3. The predicted octanol–water partition coefficient (Wildman–Crippen LogP) is 18.5. The summed E-state index contributed by atoms with van der Waals surface area (Å²) in [6, 6.07) is 19.1. The van der Waals surface area contributed by atoms with E-state index < -0.39 is 0 Å². The van der Waals surface area contributed by atoms with E-state index in [1.807, 2.05) is 83.8 Å². The molecule has 55 heavy (non-hydrogen) atoms. The molecule has 0 aliphatic rings. The minimum Gasteiger partial charge on any atom is -0.473 e. The minimum atomic E-state index is -0.278. The van der Waals surface area contributed by atoms with E-state index in [4.69, 9.17) is 0 Å². The van der Waals surface area contributed by atoms with Crippen molar-refractivity contribution in [1.29, 1.82) is 0 Å². The molecule has 0 saturated carbocycles. The number of hydrogen-bond acceptors (Lipinski definition) is 4. The second-order valence-corrected chi connectivity index (χ2v) is 49.7. The van der Waals surface area contributed by atoms with Crippen LogP contribution in [0.15, 0.2) is 126 Å². The number of rotatable bonds is 5. The minimum absolute atomic E-state index is 0.278. The SMILES string of the molecule is CCC(C)C.CCC(C)C.CCC(C)C.CCC(C)C.CCC(C)C.[I][V]([I])[I].c1cc[nH]c1.c1ccncc1.c1ccoc1.c1ccsc1.c1cn[nH]c1. The molecule has 320 valence electrons. The van der Waals surface area contributed by atoms with Gasteiger partial charge < -0.3 is 9.40 Å². The maximum Gasteiger partial charge on any atom is 0.0902 e. The van der Waals surface area contributed by atoms with Crippen LogP contribution in [0.2, 0.25) is 0 Å². The van der Waals surface area contributed by atoms with Gasteiger partial charge in [-0.2, -0.15) is 16.4 Å². The zero-order chi connectivity index (χ0) is 43.4. The zero-order valence-electron chi connectivity index (χ0n) is 37.3. The predicted molar refractivity (Wildman–Crippen MR) is 274 cm³/mol. The van der Waals surface area contributed by atoms with Crippen molar-refractivity contribution in [1.82, 2.24) is 20.2 Å². The number of furan rings is 1. The quantitative estimate of drug-likeness (QED) is 0.172. The van der Waals surface area contributed by atoms with Gasteiger partial charge in [-0.15, -0.1) is 0 Å². The number of aromatic amines is 2. The molecule has 0 spiro atoms. The van der Waals surface area contributed by atoms with Gasteiger partial charge in [0.05, 0.1) is 12.5 Å². The molecule has 10 heteroatoms. The molecule has 5 heterocycles. The van der Waals surface area contributed by atoms with Gasteiger partial charge in [-0.3, -0.25) is 10.1 Å². The molecule has 0 saturated heterocycles. The van der Waals surface area contributed by atoms with Crippen molar-refractivity contribution in [2.24, 2.45) is 29.6 Å². The Labute approximate surface area is 383 Å². The molecule has 5 aromatic heterocycles. The van der Waals surface area contributed by atoms with Gasteiger partial charge in [0.2, 0.25) is 0 Å². The number of halogens is 3. The summed E-state index contributed by atoms with van der Waals surface area (Å²) < 4.78 is 4.58. The van der Waals surface area contributed by atoms with Gasteiger partial charge in [0.15, 0.2) is 0 Å². The monoisotopic (exact) mass is 1160 g/mol. The van der Waals surface area contributed by atoms with Crippen LogP contribution in [0.5, 0.6) is 0 Å². The van der Waals surface area contributed by atoms with Crippen molar-refractivity contribution in [3.8, 4) is 0 Å². The van der Waals surface area contributed by atoms with Crippen LogP contribution in [0.1, 0.15) is 136 Å². The number of H-pyrrole nitrogens is 2. The van der Waals surface area contributed by atoms with Gasteiger partial charge in [0.25, 0.3) is 0 Å². The molecule has 0 fully saturated rings. The molecule has 0 atom stereocenters. The topological polar surface area (TPSA) is 70.5 Å². The molecule has 0 aliphatic carbocycles. The fraction of sp³-hybridized carbons (Fsp3) is 0.556. The van der Waals surface area contributed by atoms with Crippen molar-refractivity contribution in [3.05, 3.63) is 121 Å². The fourth-order valence-corrected chi connectivity index (χ4v) is 1.71. The molecule has 0 bridgehead atoms. The molecule has 5 rings (SSSR count). The molecule has 0 amide bonds. The van der Waals surface area contributed by atoms with Crippen molar-refractivity contribution in [2.75, 3.05) is 0 Å². The van der Waals surface area contributed by atoms with Crippen LogP contribution in [-0.2, 0) is 4.92 Å². The zero-order valence-corrected chi connectivity index (χ0v) is 45.9. The molecule has 0 aromatic carbocycles. The fourth-order valence-electron chi connectivity index (χ4n) is 1.26. The van der Waals surface area contributed by atoms with E-state index >= 15 is 0 Å². The van der Waals surface area contributed by atoms with E-state index in [1.54, 1.807) is 48.7 Å². The Bertz CT molecular complexity index is 863. The molecular formula is C45H82I3N4OSV. The maximum atomic E-state index is 4.58. The number of nitrogens with zero attached hydrogens (tertiary/aromatic N) is 2. The Balaban J connectivity index is -0.000000120. The van der Waals surface area contributed by atoms with Crippen LogP contribution in [0.25, 0.3) is 0 Å². The van der Waals surface area contributed by atoms with Gasteiger partial charge >= 0.3 is 64.9 Å². The summed E-state index contributed by atoms with van der Waals surface area (Å²) in [7, 11) is 0. The first kappa shape index (κ1) is 66.2. The summed E-state index contributed by atoms with van der Waals surface area (Å²) in [4.78, 5) is 6.37. The van der Waals surface area contributed by atoms with E-state index in [-0.39, 0.29) is 4.92 Å². The Morgan fingerprint density at radius 1 is 0.491 bits per heavy atom. The summed E-state index contributed by atoms with van der Waals surface area (Å²) in [5.74, 6) is 4.42. The average molecular weight is 1160 g/mol. The van der Waals surface area contributed by atoms with Crippen LogP contribution in [0, 0.1) is 29.6 Å². The van der Waals surface area contributed by atoms with Gasteiger partial charge in [-0.25, -0.2) is 0 Å². The smallest absolute Gasteiger partial charge is 0.0902 e. The van der Waals surface area contributed by atoms with Crippen LogP contribution >= 0.6 is 71.3 Å². The van der Waals surface area contributed by atoms with E-state index in [0.717, 1.165) is 29.6 Å². The van der Waals surface area contributed by atoms with Crippen LogP contribution in [0.3, 0.4) is 0 Å². The third-order valence-corrected chi connectivity index (χ3v) is 7.03. The van der Waals surface area contributed by atoms with E-state index in [9.17, 15) is 0 Å². The van der Waals surface area contributed by atoms with Crippen LogP contribution < -0.4 is 0 Å². The molecule has 0 aliphatic heterocycles. The number of nitrogens with one attached hydrogen (secondary N) is 2. The Kier molecular flexibility index (Phi) is 75.3. The van der Waals surface area contributed by atoms with Gasteiger partial charge in [0, 0.05) is 37.2 Å². The van der Waals surface area contributed by atoms with Gasteiger partial charge in [-0.05, 0) is 82.8 Å². The Hall–Kier alpha value is -0.606. The number of aromatic nitrogens is 4. The van der Waals surface area contributed by atoms with Crippen molar-refractivity contribution >= 4 is 71.3 Å². The Morgan fingerprint density at radius 3 is 0.927 bits per heavy atom.